The molecular formula is C13H14F3N3. The Morgan fingerprint density at radius 2 is 2.11 bits per heavy atom. The molecule has 1 fully saturated rings. The van der Waals surface area contributed by atoms with Crippen LogP contribution in [0, 0.1) is 11.3 Å². The summed E-state index contributed by atoms with van der Waals surface area (Å²) in [5.41, 5.74) is 5.26. The second kappa shape index (κ2) is 4.74. The van der Waals surface area contributed by atoms with Crippen LogP contribution in [-0.4, -0.2) is 18.6 Å². The summed E-state index contributed by atoms with van der Waals surface area (Å²) in [4.78, 5) is 1.94. The Balaban J connectivity index is 2.38. The van der Waals surface area contributed by atoms with Crippen molar-refractivity contribution in [3.05, 3.63) is 29.3 Å². The minimum atomic E-state index is -4.50. The number of nitrogens with two attached hydrogens (primary N) is 1. The van der Waals surface area contributed by atoms with Gasteiger partial charge in [-0.2, -0.15) is 18.4 Å². The zero-order chi connectivity index (χ0) is 14.2. The fourth-order valence-corrected chi connectivity index (χ4v) is 2.38. The molecule has 0 aliphatic carbocycles. The number of benzene rings is 1. The summed E-state index contributed by atoms with van der Waals surface area (Å²) < 4.78 is 38.1. The highest BCUT2D eigenvalue weighted by Crippen LogP contribution is 2.35. The highest BCUT2D eigenvalue weighted by atomic mass is 19.4. The smallest absolute Gasteiger partial charge is 0.367 e. The first-order chi connectivity index (χ1) is 8.84. The summed E-state index contributed by atoms with van der Waals surface area (Å²) in [5.74, 6) is 0. The summed E-state index contributed by atoms with van der Waals surface area (Å²) in [6.45, 7) is 2.62. The lowest BCUT2D eigenvalue weighted by atomic mass is 10.1. The van der Waals surface area contributed by atoms with E-state index in [1.807, 2.05) is 11.8 Å². The van der Waals surface area contributed by atoms with E-state index in [9.17, 15) is 13.2 Å². The topological polar surface area (TPSA) is 53.0 Å². The number of nitrogens with zero attached hydrogens (tertiary/aromatic N) is 2. The summed E-state index contributed by atoms with van der Waals surface area (Å²) in [6, 6.07) is 5.33. The molecule has 2 rings (SSSR count). The largest absolute Gasteiger partial charge is 0.417 e. The van der Waals surface area contributed by atoms with Gasteiger partial charge in [-0.15, -0.1) is 0 Å². The number of hydrogen-bond donors (Lipinski definition) is 1. The Morgan fingerprint density at radius 1 is 1.42 bits per heavy atom. The van der Waals surface area contributed by atoms with E-state index in [1.54, 1.807) is 6.07 Å². The SMILES string of the molecule is CC1C(N)CCN1c1ccc(C(F)(F)F)c(C#N)c1. The molecule has 1 aromatic carbocycles. The van der Waals surface area contributed by atoms with E-state index < -0.39 is 11.7 Å². The number of rotatable bonds is 1. The molecule has 1 heterocycles. The van der Waals surface area contributed by atoms with E-state index in [-0.39, 0.29) is 17.6 Å². The van der Waals surface area contributed by atoms with Crippen LogP contribution in [0.3, 0.4) is 0 Å². The van der Waals surface area contributed by atoms with Crippen LogP contribution in [0.5, 0.6) is 0 Å². The van der Waals surface area contributed by atoms with E-state index in [0.29, 0.717) is 12.2 Å². The van der Waals surface area contributed by atoms with Crippen LogP contribution < -0.4 is 10.6 Å². The summed E-state index contributed by atoms with van der Waals surface area (Å²) in [6.07, 6.45) is -3.71. The minimum absolute atomic E-state index is 0.00725. The molecule has 1 saturated heterocycles. The average Bonchev–Trinajstić information content (AvgIpc) is 2.68. The first kappa shape index (κ1) is 13.7. The van der Waals surface area contributed by atoms with E-state index in [0.717, 1.165) is 12.5 Å². The van der Waals surface area contributed by atoms with Crippen LogP contribution in [0.2, 0.25) is 0 Å². The van der Waals surface area contributed by atoms with Crippen molar-refractivity contribution < 1.29 is 13.2 Å². The highest BCUT2D eigenvalue weighted by Gasteiger charge is 2.35. The maximum Gasteiger partial charge on any atom is 0.417 e. The highest BCUT2D eigenvalue weighted by molar-refractivity contribution is 5.56. The Hall–Kier alpha value is -1.74. The van der Waals surface area contributed by atoms with Gasteiger partial charge >= 0.3 is 6.18 Å². The Morgan fingerprint density at radius 3 is 2.58 bits per heavy atom. The zero-order valence-electron chi connectivity index (χ0n) is 10.4. The minimum Gasteiger partial charge on any atom is -0.367 e. The monoisotopic (exact) mass is 269 g/mol. The van der Waals surface area contributed by atoms with Gasteiger partial charge in [-0.25, -0.2) is 0 Å². The first-order valence-electron chi connectivity index (χ1n) is 5.98. The first-order valence-corrected chi connectivity index (χ1v) is 5.98. The number of alkyl halides is 3. The van der Waals surface area contributed by atoms with Gasteiger partial charge in [-0.05, 0) is 31.5 Å². The van der Waals surface area contributed by atoms with E-state index in [1.165, 1.54) is 12.1 Å². The number of anilines is 1. The lowest BCUT2D eigenvalue weighted by Crippen LogP contribution is -2.36. The number of halogens is 3. The summed E-state index contributed by atoms with van der Waals surface area (Å²) >= 11 is 0. The normalized spacial score (nSPS) is 23.5. The molecule has 102 valence electrons. The number of nitriles is 1. The van der Waals surface area contributed by atoms with Crippen molar-refractivity contribution >= 4 is 5.69 Å². The van der Waals surface area contributed by atoms with Crippen LogP contribution in [-0.2, 0) is 6.18 Å². The van der Waals surface area contributed by atoms with Gasteiger partial charge in [0.1, 0.15) is 0 Å². The lowest BCUT2D eigenvalue weighted by Gasteiger charge is -2.26. The van der Waals surface area contributed by atoms with Gasteiger partial charge in [0.25, 0.3) is 0 Å². The second-order valence-electron chi connectivity index (χ2n) is 4.73. The third-order valence-corrected chi connectivity index (χ3v) is 3.58. The van der Waals surface area contributed by atoms with Crippen molar-refractivity contribution in [3.8, 4) is 6.07 Å². The molecule has 0 amide bonds. The molecule has 2 unspecified atom stereocenters. The van der Waals surface area contributed by atoms with Crippen molar-refractivity contribution in [2.75, 3.05) is 11.4 Å². The Labute approximate surface area is 109 Å². The molecule has 0 radical (unpaired) electrons. The zero-order valence-corrected chi connectivity index (χ0v) is 10.4. The van der Waals surface area contributed by atoms with Crippen LogP contribution >= 0.6 is 0 Å². The molecule has 0 saturated carbocycles. The third kappa shape index (κ3) is 2.51. The average molecular weight is 269 g/mol. The molecule has 2 N–H and O–H groups in total. The maximum atomic E-state index is 12.7. The maximum absolute atomic E-state index is 12.7. The third-order valence-electron chi connectivity index (χ3n) is 3.58. The van der Waals surface area contributed by atoms with Gasteiger partial charge < -0.3 is 10.6 Å². The van der Waals surface area contributed by atoms with Crippen molar-refractivity contribution in [1.29, 1.82) is 5.26 Å². The molecule has 3 nitrogen and oxygen atoms in total. The van der Waals surface area contributed by atoms with E-state index in [2.05, 4.69) is 0 Å². The van der Waals surface area contributed by atoms with E-state index in [4.69, 9.17) is 11.0 Å². The lowest BCUT2D eigenvalue weighted by molar-refractivity contribution is -0.137. The van der Waals surface area contributed by atoms with Crippen LogP contribution in [0.15, 0.2) is 18.2 Å². The molecule has 1 aliphatic heterocycles. The molecular weight excluding hydrogens is 255 g/mol. The van der Waals surface area contributed by atoms with E-state index >= 15 is 0 Å². The van der Waals surface area contributed by atoms with Gasteiger partial charge in [0, 0.05) is 24.3 Å². The molecule has 1 aliphatic rings. The molecule has 1 aromatic rings. The molecule has 0 spiro atoms. The predicted octanol–water partition coefficient (Wildman–Crippen LogP) is 2.50. The summed E-state index contributed by atoms with van der Waals surface area (Å²) in [7, 11) is 0. The van der Waals surface area contributed by atoms with Crippen LogP contribution in [0.4, 0.5) is 18.9 Å². The Kier molecular flexibility index (Phi) is 3.42. The second-order valence-corrected chi connectivity index (χ2v) is 4.73. The van der Waals surface area contributed by atoms with Gasteiger partial charge in [-0.1, -0.05) is 0 Å². The Bertz CT molecular complexity index is 519. The molecule has 0 bridgehead atoms. The van der Waals surface area contributed by atoms with Crippen LogP contribution in [0.1, 0.15) is 24.5 Å². The molecule has 6 heteroatoms. The van der Waals surface area contributed by atoms with Gasteiger partial charge in [0.15, 0.2) is 0 Å². The molecule has 0 aromatic heterocycles. The van der Waals surface area contributed by atoms with Crippen LogP contribution in [0.25, 0.3) is 0 Å². The molecule has 19 heavy (non-hydrogen) atoms. The van der Waals surface area contributed by atoms with Crippen molar-refractivity contribution in [2.24, 2.45) is 5.73 Å². The summed E-state index contributed by atoms with van der Waals surface area (Å²) in [5, 5.41) is 8.87. The quantitative estimate of drug-likeness (QED) is 0.852. The fourth-order valence-electron chi connectivity index (χ4n) is 2.38. The predicted molar refractivity (Wildman–Crippen MR) is 65.6 cm³/mol. The van der Waals surface area contributed by atoms with Gasteiger partial charge in [0.2, 0.25) is 0 Å². The number of hydrogen-bond acceptors (Lipinski definition) is 3. The van der Waals surface area contributed by atoms with Crippen molar-refractivity contribution in [2.45, 2.75) is 31.6 Å². The molecule has 2 atom stereocenters. The van der Waals surface area contributed by atoms with Crippen molar-refractivity contribution in [1.82, 2.24) is 0 Å². The van der Waals surface area contributed by atoms with Gasteiger partial charge in [-0.3, -0.25) is 0 Å². The van der Waals surface area contributed by atoms with Crippen molar-refractivity contribution in [3.63, 3.8) is 0 Å². The standard InChI is InChI=1S/C13H14F3N3/c1-8-12(18)4-5-19(8)10-2-3-11(13(14,15)16)9(6-10)7-17/h2-3,6,8,12H,4-5,18H2,1H3. The fraction of sp³-hybridized carbons (Fsp3) is 0.462. The van der Waals surface area contributed by atoms with Gasteiger partial charge in [0.05, 0.1) is 17.2 Å².